The third-order valence-electron chi connectivity index (χ3n) is 5.64. The molecule has 1 heterocycles. The lowest BCUT2D eigenvalue weighted by Gasteiger charge is -2.25. The number of nitrogens with zero attached hydrogens (tertiary/aromatic N) is 1. The third kappa shape index (κ3) is 4.29. The van der Waals surface area contributed by atoms with Crippen LogP contribution in [0.2, 0.25) is 5.02 Å². The van der Waals surface area contributed by atoms with E-state index in [2.05, 4.69) is 0 Å². The smallest absolute Gasteiger partial charge is 0.268 e. The molecule has 1 aliphatic carbocycles. The molecule has 3 nitrogen and oxygen atoms in total. The van der Waals surface area contributed by atoms with E-state index in [-0.39, 0.29) is 17.9 Å². The number of amides is 2. The molecule has 0 radical (unpaired) electrons. The first-order valence-electron chi connectivity index (χ1n) is 10.2. The second kappa shape index (κ2) is 8.76. The third-order valence-corrected chi connectivity index (χ3v) is 6.98. The normalized spacial score (nSPS) is 18.5. The van der Waals surface area contributed by atoms with Gasteiger partial charge >= 0.3 is 0 Å². The molecule has 5 heteroatoms. The first-order chi connectivity index (χ1) is 14.0. The molecule has 2 aromatic carbocycles. The summed E-state index contributed by atoms with van der Waals surface area (Å²) in [7, 11) is 0. The van der Waals surface area contributed by atoms with Crippen molar-refractivity contribution in [3.8, 4) is 0 Å². The lowest BCUT2D eigenvalue weighted by molar-refractivity contribution is -0.139. The van der Waals surface area contributed by atoms with E-state index in [0.717, 1.165) is 41.7 Å². The largest absolute Gasteiger partial charge is 0.271 e. The Balaban J connectivity index is 1.73. The SMILES string of the molecule is Cc1ccc(C2=C(Sc3ccc(Cl)cc3)C(=O)N(C3CCCCCC3)C2=O)cc1. The van der Waals surface area contributed by atoms with Gasteiger partial charge in [-0.15, -0.1) is 0 Å². The van der Waals surface area contributed by atoms with Crippen LogP contribution in [-0.2, 0) is 9.59 Å². The van der Waals surface area contributed by atoms with Crippen LogP contribution in [0.15, 0.2) is 58.3 Å². The minimum atomic E-state index is -0.155. The van der Waals surface area contributed by atoms with Crippen molar-refractivity contribution in [2.24, 2.45) is 0 Å². The summed E-state index contributed by atoms with van der Waals surface area (Å²) < 4.78 is 0. The van der Waals surface area contributed by atoms with Crippen molar-refractivity contribution < 1.29 is 9.59 Å². The van der Waals surface area contributed by atoms with E-state index in [1.165, 1.54) is 24.6 Å². The van der Waals surface area contributed by atoms with Gasteiger partial charge in [-0.2, -0.15) is 0 Å². The lowest BCUT2D eigenvalue weighted by Crippen LogP contribution is -2.40. The highest BCUT2D eigenvalue weighted by atomic mass is 35.5. The van der Waals surface area contributed by atoms with Gasteiger partial charge in [-0.1, -0.05) is 78.9 Å². The minimum absolute atomic E-state index is 0.00117. The number of carbonyl (C=O) groups excluding carboxylic acids is 2. The van der Waals surface area contributed by atoms with Crippen molar-refractivity contribution in [2.45, 2.75) is 56.4 Å². The van der Waals surface area contributed by atoms with E-state index in [1.807, 2.05) is 43.3 Å². The van der Waals surface area contributed by atoms with E-state index in [4.69, 9.17) is 11.6 Å². The number of carbonyl (C=O) groups is 2. The maximum atomic E-state index is 13.5. The summed E-state index contributed by atoms with van der Waals surface area (Å²) in [5.74, 6) is -0.306. The van der Waals surface area contributed by atoms with Crippen LogP contribution in [0.1, 0.15) is 49.7 Å². The van der Waals surface area contributed by atoms with Crippen LogP contribution in [0.4, 0.5) is 0 Å². The van der Waals surface area contributed by atoms with Gasteiger partial charge in [-0.05, 0) is 49.6 Å². The zero-order chi connectivity index (χ0) is 20.4. The maximum Gasteiger partial charge on any atom is 0.268 e. The number of hydrogen-bond donors (Lipinski definition) is 0. The maximum absolute atomic E-state index is 13.5. The van der Waals surface area contributed by atoms with Crippen molar-refractivity contribution in [2.75, 3.05) is 0 Å². The van der Waals surface area contributed by atoms with Crippen molar-refractivity contribution in [3.05, 3.63) is 69.6 Å². The Morgan fingerprint density at radius 2 is 1.48 bits per heavy atom. The second-order valence-corrected chi connectivity index (χ2v) is 9.27. The highest BCUT2D eigenvalue weighted by molar-refractivity contribution is 8.04. The van der Waals surface area contributed by atoms with Gasteiger partial charge in [0.15, 0.2) is 0 Å². The fraction of sp³-hybridized carbons (Fsp3) is 0.333. The molecule has 0 bridgehead atoms. The van der Waals surface area contributed by atoms with E-state index >= 15 is 0 Å². The van der Waals surface area contributed by atoms with E-state index < -0.39 is 0 Å². The molecule has 2 aliphatic rings. The van der Waals surface area contributed by atoms with Crippen molar-refractivity contribution >= 4 is 40.8 Å². The molecule has 0 atom stereocenters. The number of halogens is 1. The summed E-state index contributed by atoms with van der Waals surface area (Å²) in [5.41, 5.74) is 2.46. The number of benzene rings is 2. The summed E-state index contributed by atoms with van der Waals surface area (Å²) in [6.07, 6.45) is 6.30. The topological polar surface area (TPSA) is 37.4 Å². The standard InChI is InChI=1S/C24H24ClNO2S/c1-16-8-10-17(11-9-16)21-22(29-20-14-12-18(25)13-15-20)24(28)26(23(21)27)19-6-4-2-3-5-7-19/h8-15,19H,2-7H2,1H3. The van der Waals surface area contributed by atoms with Gasteiger partial charge in [-0.25, -0.2) is 0 Å². The van der Waals surface area contributed by atoms with Crippen molar-refractivity contribution in [3.63, 3.8) is 0 Å². The number of imide groups is 1. The molecule has 0 spiro atoms. The molecule has 2 amide bonds. The molecular weight excluding hydrogens is 402 g/mol. The minimum Gasteiger partial charge on any atom is -0.271 e. The van der Waals surface area contributed by atoms with Gasteiger partial charge in [0.25, 0.3) is 11.8 Å². The Morgan fingerprint density at radius 3 is 2.10 bits per heavy atom. The molecule has 2 aromatic rings. The first-order valence-corrected chi connectivity index (χ1v) is 11.4. The van der Waals surface area contributed by atoms with E-state index in [1.54, 1.807) is 17.0 Å². The molecule has 0 N–H and O–H groups in total. The second-order valence-electron chi connectivity index (χ2n) is 7.75. The Kier molecular flexibility index (Phi) is 6.12. The van der Waals surface area contributed by atoms with Crippen LogP contribution < -0.4 is 0 Å². The van der Waals surface area contributed by atoms with E-state index in [9.17, 15) is 9.59 Å². The van der Waals surface area contributed by atoms with E-state index in [0.29, 0.717) is 15.5 Å². The zero-order valence-electron chi connectivity index (χ0n) is 16.5. The lowest BCUT2D eigenvalue weighted by atomic mass is 10.0. The molecule has 1 aliphatic heterocycles. The average Bonchev–Trinajstić information content (AvgIpc) is 2.88. The summed E-state index contributed by atoms with van der Waals surface area (Å²) in [6.45, 7) is 2.01. The predicted octanol–water partition coefficient (Wildman–Crippen LogP) is 6.24. The molecule has 1 saturated carbocycles. The molecule has 0 unspecified atom stereocenters. The zero-order valence-corrected chi connectivity index (χ0v) is 18.1. The van der Waals surface area contributed by atoms with Crippen LogP contribution in [0, 0.1) is 6.92 Å². The van der Waals surface area contributed by atoms with Gasteiger partial charge < -0.3 is 0 Å². The average molecular weight is 426 g/mol. The highest BCUT2D eigenvalue weighted by Crippen LogP contribution is 2.42. The Morgan fingerprint density at radius 1 is 0.862 bits per heavy atom. The molecule has 150 valence electrons. The van der Waals surface area contributed by atoms with Gasteiger partial charge in [-0.3, -0.25) is 14.5 Å². The van der Waals surface area contributed by atoms with Crippen LogP contribution in [0.5, 0.6) is 0 Å². The molecular formula is C24H24ClNO2S. The predicted molar refractivity (Wildman–Crippen MR) is 119 cm³/mol. The van der Waals surface area contributed by atoms with Crippen LogP contribution in [0.3, 0.4) is 0 Å². The van der Waals surface area contributed by atoms with Gasteiger partial charge in [0, 0.05) is 16.0 Å². The molecule has 4 rings (SSSR count). The quantitative estimate of drug-likeness (QED) is 0.429. The Bertz CT molecular complexity index is 942. The Hall–Kier alpha value is -2.04. The van der Waals surface area contributed by atoms with Crippen molar-refractivity contribution in [1.29, 1.82) is 0 Å². The number of rotatable bonds is 4. The fourth-order valence-electron chi connectivity index (χ4n) is 4.06. The Labute approximate surface area is 181 Å². The summed E-state index contributed by atoms with van der Waals surface area (Å²) in [4.78, 5) is 29.9. The summed E-state index contributed by atoms with van der Waals surface area (Å²) in [5, 5.41) is 0.649. The van der Waals surface area contributed by atoms with Gasteiger partial charge in [0.2, 0.25) is 0 Å². The first kappa shape index (κ1) is 20.2. The fourth-order valence-corrected chi connectivity index (χ4v) is 5.19. The summed E-state index contributed by atoms with van der Waals surface area (Å²) in [6, 6.07) is 15.2. The van der Waals surface area contributed by atoms with Gasteiger partial charge in [0.1, 0.15) is 0 Å². The van der Waals surface area contributed by atoms with Crippen LogP contribution in [-0.4, -0.2) is 22.8 Å². The summed E-state index contributed by atoms with van der Waals surface area (Å²) >= 11 is 7.37. The highest BCUT2D eigenvalue weighted by Gasteiger charge is 2.42. The number of thioether (sulfide) groups is 1. The van der Waals surface area contributed by atoms with Gasteiger partial charge in [0.05, 0.1) is 10.5 Å². The van der Waals surface area contributed by atoms with Crippen LogP contribution in [0.25, 0.3) is 5.57 Å². The monoisotopic (exact) mass is 425 g/mol. The number of aryl methyl sites for hydroxylation is 1. The molecule has 0 saturated heterocycles. The molecule has 1 fully saturated rings. The van der Waals surface area contributed by atoms with Crippen LogP contribution >= 0.6 is 23.4 Å². The number of hydrogen-bond acceptors (Lipinski definition) is 3. The van der Waals surface area contributed by atoms with Crippen molar-refractivity contribution in [1.82, 2.24) is 4.90 Å². The molecule has 0 aromatic heterocycles. The molecule has 29 heavy (non-hydrogen) atoms.